The molecule has 0 saturated heterocycles. The number of imidazole rings is 1. The fourth-order valence-electron chi connectivity index (χ4n) is 4.71. The normalized spacial score (nSPS) is 11.3. The molecule has 5 aromatic rings. The highest BCUT2D eigenvalue weighted by Gasteiger charge is 2.26. The zero-order chi connectivity index (χ0) is 30.9. The van der Waals surface area contributed by atoms with Crippen LogP contribution in [0.5, 0.6) is 23.0 Å². The van der Waals surface area contributed by atoms with E-state index in [1.165, 1.54) is 38.5 Å². The third-order valence-corrected chi connectivity index (χ3v) is 6.73. The first-order chi connectivity index (χ1) is 20.5. The number of rotatable bonds is 7. The molecule has 2 heterocycles. The van der Waals surface area contributed by atoms with Crippen LogP contribution in [0, 0.1) is 11.6 Å². The van der Waals surface area contributed by atoms with Crippen LogP contribution in [-0.2, 0) is 12.5 Å². The van der Waals surface area contributed by atoms with E-state index in [-0.39, 0.29) is 22.7 Å². The standard InChI is InChI=1S/C32H31F2N5O4/c1-32(2,3)30-37-28(18-7-9-19(33)10-8-18)29(39(30)4)38-31(40)36-20-11-12-25(22(34)15-20)43-24-13-14-35-23-17-27(42-6)26(41-5)16-21(23)24/h7-17H,1-6H3,(H2,36,38,40). The number of urea groups is 1. The van der Waals surface area contributed by atoms with Crippen LogP contribution in [0.1, 0.15) is 26.6 Å². The van der Waals surface area contributed by atoms with Crippen molar-refractivity contribution in [3.8, 4) is 34.3 Å². The summed E-state index contributed by atoms with van der Waals surface area (Å²) in [6.45, 7) is 6.01. The van der Waals surface area contributed by atoms with Crippen molar-refractivity contribution in [1.29, 1.82) is 0 Å². The molecule has 43 heavy (non-hydrogen) atoms. The van der Waals surface area contributed by atoms with Gasteiger partial charge in [0, 0.05) is 47.4 Å². The Morgan fingerprint density at radius 2 is 1.56 bits per heavy atom. The third kappa shape index (κ3) is 6.06. The second-order valence-electron chi connectivity index (χ2n) is 10.8. The smallest absolute Gasteiger partial charge is 0.324 e. The maximum Gasteiger partial charge on any atom is 0.324 e. The molecule has 3 aromatic carbocycles. The van der Waals surface area contributed by atoms with Crippen molar-refractivity contribution in [1.82, 2.24) is 14.5 Å². The van der Waals surface area contributed by atoms with Crippen LogP contribution < -0.4 is 24.8 Å². The van der Waals surface area contributed by atoms with Gasteiger partial charge in [-0.1, -0.05) is 20.8 Å². The van der Waals surface area contributed by atoms with Crippen LogP contribution in [0.3, 0.4) is 0 Å². The number of amides is 2. The van der Waals surface area contributed by atoms with Gasteiger partial charge in [-0.25, -0.2) is 18.6 Å². The number of methoxy groups -OCH3 is 2. The highest BCUT2D eigenvalue weighted by molar-refractivity contribution is 6.01. The number of anilines is 2. The highest BCUT2D eigenvalue weighted by Crippen LogP contribution is 2.38. The molecule has 2 aromatic heterocycles. The second kappa shape index (κ2) is 11.6. The lowest BCUT2D eigenvalue weighted by Crippen LogP contribution is -2.23. The number of nitrogens with zero attached hydrogens (tertiary/aromatic N) is 3. The Bertz CT molecular complexity index is 1810. The zero-order valence-corrected chi connectivity index (χ0v) is 24.6. The van der Waals surface area contributed by atoms with E-state index in [0.717, 1.165) is 11.9 Å². The fraction of sp³-hybridized carbons (Fsp3) is 0.219. The maximum absolute atomic E-state index is 15.2. The summed E-state index contributed by atoms with van der Waals surface area (Å²) in [5.41, 5.74) is 1.56. The van der Waals surface area contributed by atoms with Gasteiger partial charge in [-0.15, -0.1) is 0 Å². The van der Waals surface area contributed by atoms with Crippen molar-refractivity contribution < 1.29 is 27.8 Å². The number of halogens is 2. The number of aromatic nitrogens is 3. The molecule has 0 aliphatic carbocycles. The molecule has 0 atom stereocenters. The SMILES string of the molecule is COc1cc2nccc(Oc3ccc(NC(=O)Nc4c(-c5ccc(F)cc5)nc(C(C)(C)C)n4C)cc3F)c2cc1OC. The summed E-state index contributed by atoms with van der Waals surface area (Å²) in [7, 11) is 4.83. The summed E-state index contributed by atoms with van der Waals surface area (Å²) in [6, 6.07) is 14.4. The zero-order valence-electron chi connectivity index (χ0n) is 24.6. The lowest BCUT2D eigenvalue weighted by molar-refractivity contribution is 0.262. The Labute approximate surface area is 247 Å². The van der Waals surface area contributed by atoms with Crippen LogP contribution in [0.4, 0.5) is 25.1 Å². The van der Waals surface area contributed by atoms with Crippen LogP contribution in [0.15, 0.2) is 66.9 Å². The number of hydrogen-bond donors (Lipinski definition) is 2. The number of nitrogens with one attached hydrogen (secondary N) is 2. The van der Waals surface area contributed by atoms with Crippen molar-refractivity contribution in [2.24, 2.45) is 7.05 Å². The summed E-state index contributed by atoms with van der Waals surface area (Å²) in [4.78, 5) is 22.2. The van der Waals surface area contributed by atoms with Gasteiger partial charge < -0.3 is 24.1 Å². The largest absolute Gasteiger partial charge is 0.493 e. The van der Waals surface area contributed by atoms with Crippen molar-refractivity contribution in [2.45, 2.75) is 26.2 Å². The molecule has 2 N–H and O–H groups in total. The molecule has 0 radical (unpaired) electrons. The molecule has 5 rings (SSSR count). The Hall–Kier alpha value is -5.19. The second-order valence-corrected chi connectivity index (χ2v) is 10.8. The fourth-order valence-corrected chi connectivity index (χ4v) is 4.71. The first kappa shape index (κ1) is 29.3. The third-order valence-electron chi connectivity index (χ3n) is 6.73. The van der Waals surface area contributed by atoms with E-state index < -0.39 is 11.8 Å². The number of hydrogen-bond acceptors (Lipinski definition) is 6. The average molecular weight is 588 g/mol. The maximum atomic E-state index is 15.2. The van der Waals surface area contributed by atoms with Crippen molar-refractivity contribution in [3.63, 3.8) is 0 Å². The van der Waals surface area contributed by atoms with Crippen LogP contribution >= 0.6 is 0 Å². The summed E-state index contributed by atoms with van der Waals surface area (Å²) in [5, 5.41) is 6.08. The van der Waals surface area contributed by atoms with Gasteiger partial charge in [0.1, 0.15) is 28.9 Å². The number of pyridine rings is 1. The highest BCUT2D eigenvalue weighted by atomic mass is 19.1. The first-order valence-corrected chi connectivity index (χ1v) is 13.4. The molecule has 0 unspecified atom stereocenters. The van der Waals surface area contributed by atoms with Crippen molar-refractivity contribution in [3.05, 3.63) is 84.3 Å². The Balaban J connectivity index is 1.37. The molecule has 0 spiro atoms. The minimum absolute atomic E-state index is 0.0479. The molecule has 0 fully saturated rings. The monoisotopic (exact) mass is 587 g/mol. The van der Waals surface area contributed by atoms with Crippen LogP contribution in [0.2, 0.25) is 0 Å². The number of carbonyl (C=O) groups excluding carboxylic acids is 1. The average Bonchev–Trinajstić information content (AvgIpc) is 3.30. The lowest BCUT2D eigenvalue weighted by Gasteiger charge is -2.18. The molecule has 9 nitrogen and oxygen atoms in total. The van der Waals surface area contributed by atoms with Gasteiger partial charge in [-0.3, -0.25) is 10.3 Å². The van der Waals surface area contributed by atoms with Gasteiger partial charge in [0.15, 0.2) is 23.1 Å². The minimum atomic E-state index is -0.689. The Morgan fingerprint density at radius 1 is 0.860 bits per heavy atom. The molecular weight excluding hydrogens is 556 g/mol. The van der Waals surface area contributed by atoms with Gasteiger partial charge >= 0.3 is 6.03 Å². The van der Waals surface area contributed by atoms with E-state index in [1.54, 1.807) is 48.1 Å². The quantitative estimate of drug-likeness (QED) is 0.203. The van der Waals surface area contributed by atoms with Crippen molar-refractivity contribution in [2.75, 3.05) is 24.9 Å². The van der Waals surface area contributed by atoms with Gasteiger partial charge in [-0.2, -0.15) is 0 Å². The molecule has 0 aliphatic rings. The Morgan fingerprint density at radius 3 is 2.21 bits per heavy atom. The summed E-state index contributed by atoms with van der Waals surface area (Å²) in [5.74, 6) is 1.35. The van der Waals surface area contributed by atoms with Crippen molar-refractivity contribution >= 4 is 28.4 Å². The molecule has 11 heteroatoms. The molecule has 2 amide bonds. The summed E-state index contributed by atoms with van der Waals surface area (Å²) < 4.78 is 47.2. The lowest BCUT2D eigenvalue weighted by atomic mass is 9.96. The minimum Gasteiger partial charge on any atom is -0.493 e. The van der Waals surface area contributed by atoms with E-state index in [2.05, 4.69) is 15.6 Å². The van der Waals surface area contributed by atoms with E-state index >= 15 is 4.39 Å². The first-order valence-electron chi connectivity index (χ1n) is 13.4. The van der Waals surface area contributed by atoms with Gasteiger partial charge in [0.05, 0.1) is 19.7 Å². The van der Waals surface area contributed by atoms with E-state index in [1.807, 2.05) is 20.8 Å². The summed E-state index contributed by atoms with van der Waals surface area (Å²) >= 11 is 0. The number of ether oxygens (including phenoxy) is 3. The molecule has 0 saturated carbocycles. The van der Waals surface area contributed by atoms with Crippen LogP contribution in [-0.4, -0.2) is 34.8 Å². The number of carbonyl (C=O) groups is 1. The molecular formula is C32H31F2N5O4. The van der Waals surface area contributed by atoms with Gasteiger partial charge in [0.2, 0.25) is 0 Å². The molecule has 0 aliphatic heterocycles. The van der Waals surface area contributed by atoms with E-state index in [0.29, 0.717) is 45.2 Å². The van der Waals surface area contributed by atoms with E-state index in [4.69, 9.17) is 19.2 Å². The van der Waals surface area contributed by atoms with Gasteiger partial charge in [-0.05, 0) is 48.5 Å². The topological polar surface area (TPSA) is 99.5 Å². The predicted molar refractivity (Wildman–Crippen MR) is 161 cm³/mol. The number of fused-ring (bicyclic) bond motifs is 1. The number of benzene rings is 3. The van der Waals surface area contributed by atoms with Gasteiger partial charge in [0.25, 0.3) is 0 Å². The van der Waals surface area contributed by atoms with E-state index in [9.17, 15) is 9.18 Å². The summed E-state index contributed by atoms with van der Waals surface area (Å²) in [6.07, 6.45) is 1.55. The molecule has 0 bridgehead atoms. The Kier molecular flexibility index (Phi) is 7.90. The molecule has 222 valence electrons. The van der Waals surface area contributed by atoms with Crippen LogP contribution in [0.25, 0.3) is 22.2 Å². The predicted octanol–water partition coefficient (Wildman–Crippen LogP) is 7.66.